The van der Waals surface area contributed by atoms with Gasteiger partial charge in [-0.1, -0.05) is 109 Å². The standard InChI is InChI=1S/2C39H25N8.2Pt/c1-46-24-47(37-36(46)42-19-20-43-37)39(32-12-5-3-10-28(32)30-14-17-41-23-34(30)39)26-8-6-7-25(21-26)38(35-15-18-44-45-35)31-11-4-2-9-27(31)29-13-16-40-22-33(29)38;1-46-24-47(37-36(46)42-20-21-43-37)39(32-9-5-3-7-28(32)30-15-18-41-23-34(30)39)26-12-10-25(11-13-26)38(35-16-19-44-45-35)31-8-4-2-6-27(31)29-14-17-40-22-33(29)38;;/h2-20,22-24H,1H3;2-10,12-24H,1H3;;/q2*-3;;. The Balaban J connectivity index is 0.000000142. The number of anilines is 4. The maximum atomic E-state index is 4.90. The van der Waals surface area contributed by atoms with Crippen molar-refractivity contribution in [2.45, 2.75) is 21.9 Å². The number of benzene rings is 6. The molecule has 4 aliphatic carbocycles. The van der Waals surface area contributed by atoms with Crippen LogP contribution in [0.4, 0.5) is 23.3 Å². The summed E-state index contributed by atoms with van der Waals surface area (Å²) in [7, 11) is 4.02. The van der Waals surface area contributed by atoms with E-state index >= 15 is 0 Å². The van der Waals surface area contributed by atoms with Gasteiger partial charge in [0.15, 0.2) is 0 Å². The summed E-state index contributed by atoms with van der Waals surface area (Å²) in [5.74, 6) is 3.12. The molecule has 4 unspecified atom stereocenters. The van der Waals surface area contributed by atoms with Crippen molar-refractivity contribution in [2.24, 2.45) is 0 Å². The van der Waals surface area contributed by atoms with Gasteiger partial charge >= 0.3 is 0 Å². The molecule has 0 fully saturated rings. The number of nitrogens with zero attached hydrogens (tertiary/aromatic N) is 16. The van der Waals surface area contributed by atoms with E-state index in [9.17, 15) is 0 Å². The van der Waals surface area contributed by atoms with Gasteiger partial charge in [0.2, 0.25) is 0 Å². The van der Waals surface area contributed by atoms with Crippen molar-refractivity contribution >= 4 is 23.3 Å². The quantitative estimate of drug-likeness (QED) is 0.132. The zero-order valence-electron chi connectivity index (χ0n) is 51.2. The first kappa shape index (κ1) is 58.9. The molecule has 0 saturated carbocycles. The van der Waals surface area contributed by atoms with Crippen LogP contribution in [0, 0.1) is 25.5 Å². The third kappa shape index (κ3) is 7.73. The molecular weight excluding hydrogens is 1550 g/mol. The van der Waals surface area contributed by atoms with Gasteiger partial charge in [0.05, 0.1) is 16.4 Å². The van der Waals surface area contributed by atoms with Crippen molar-refractivity contribution in [3.63, 3.8) is 0 Å². The molecule has 8 aromatic heterocycles. The van der Waals surface area contributed by atoms with Crippen molar-refractivity contribution in [2.75, 3.05) is 33.7 Å². The second-order valence-corrected chi connectivity index (χ2v) is 24.2. The number of aromatic nitrogens is 12. The first-order valence-electron chi connectivity index (χ1n) is 31.0. The van der Waals surface area contributed by atoms with E-state index < -0.39 is 21.9 Å². The summed E-state index contributed by atoms with van der Waals surface area (Å²) in [6.45, 7) is 4.18. The molecule has 0 amide bonds. The molecule has 20 rings (SSSR count). The van der Waals surface area contributed by atoms with E-state index in [1.807, 2.05) is 85.6 Å². The maximum absolute atomic E-state index is 4.90. The van der Waals surface area contributed by atoms with Crippen LogP contribution < -0.4 is 29.8 Å². The molecule has 0 N–H and O–H groups in total. The van der Waals surface area contributed by atoms with Gasteiger partial charge in [-0.3, -0.25) is 19.9 Å². The molecule has 6 aliphatic rings. The molecule has 2 aliphatic heterocycles. The van der Waals surface area contributed by atoms with Crippen LogP contribution in [0.15, 0.2) is 257 Å². The maximum Gasteiger partial charge on any atom is 0.142 e. The Morgan fingerprint density at radius 2 is 0.750 bits per heavy atom. The van der Waals surface area contributed by atoms with Crippen LogP contribution in [0.3, 0.4) is 0 Å². The number of hydrogen-bond donors (Lipinski definition) is 0. The fourth-order valence-electron chi connectivity index (χ4n) is 16.4. The van der Waals surface area contributed by atoms with Crippen LogP contribution in [0.25, 0.3) is 44.5 Å². The number of fused-ring (bicyclic) bond motifs is 14. The number of pyridine rings is 4. The fourth-order valence-corrected chi connectivity index (χ4v) is 16.4. The Morgan fingerprint density at radius 1 is 0.354 bits per heavy atom. The molecule has 10 heterocycles. The van der Waals surface area contributed by atoms with Gasteiger partial charge in [-0.2, -0.15) is 74.3 Å². The molecule has 16 nitrogen and oxygen atoms in total. The predicted octanol–water partition coefficient (Wildman–Crippen LogP) is 12.3. The van der Waals surface area contributed by atoms with Crippen LogP contribution in [0.1, 0.15) is 78.1 Å². The number of hydrogen-bond acceptors (Lipinski definition) is 14. The summed E-state index contributed by atoms with van der Waals surface area (Å²) in [6.07, 6.45) is 25.8. The predicted molar refractivity (Wildman–Crippen MR) is 357 cm³/mol. The monoisotopic (exact) mass is 1600 g/mol. The van der Waals surface area contributed by atoms with E-state index in [0.717, 1.165) is 146 Å². The van der Waals surface area contributed by atoms with Crippen LogP contribution in [-0.4, -0.2) is 64.2 Å². The summed E-state index contributed by atoms with van der Waals surface area (Å²) in [4.78, 5) is 46.3. The zero-order valence-corrected chi connectivity index (χ0v) is 55.7. The van der Waals surface area contributed by atoms with Crippen LogP contribution in [0.2, 0.25) is 0 Å². The van der Waals surface area contributed by atoms with Gasteiger partial charge in [-0.15, -0.1) is 22.3 Å². The van der Waals surface area contributed by atoms with E-state index in [-0.39, 0.29) is 42.1 Å². The van der Waals surface area contributed by atoms with Crippen LogP contribution in [-0.2, 0) is 64.0 Å². The van der Waals surface area contributed by atoms with Gasteiger partial charge in [0.1, 0.15) is 23.3 Å². The van der Waals surface area contributed by atoms with Crippen molar-refractivity contribution < 1.29 is 42.1 Å². The molecule has 14 aromatic rings. The third-order valence-electron chi connectivity index (χ3n) is 20.0. The summed E-state index contributed by atoms with van der Waals surface area (Å²) in [5.41, 5.74) is 20.4. The molecule has 96 heavy (non-hydrogen) atoms. The van der Waals surface area contributed by atoms with Crippen molar-refractivity contribution in [3.8, 4) is 44.5 Å². The number of rotatable bonds is 8. The van der Waals surface area contributed by atoms with Gasteiger partial charge < -0.3 is 40.0 Å². The smallest absolute Gasteiger partial charge is 0.142 e. The summed E-state index contributed by atoms with van der Waals surface area (Å²) >= 11 is 0. The van der Waals surface area contributed by atoms with Gasteiger partial charge in [-0.05, 0) is 122 Å². The van der Waals surface area contributed by atoms with E-state index in [4.69, 9.17) is 25.0 Å². The molecule has 18 heteroatoms. The van der Waals surface area contributed by atoms with Crippen LogP contribution >= 0.6 is 0 Å². The fraction of sp³-hybridized carbons (Fsp3) is 0.0769. The van der Waals surface area contributed by atoms with Gasteiger partial charge in [0, 0.05) is 139 Å². The van der Waals surface area contributed by atoms with Crippen LogP contribution in [0.5, 0.6) is 0 Å². The minimum Gasteiger partial charge on any atom is -0.581 e. The molecule has 0 saturated heterocycles. The molecule has 0 radical (unpaired) electrons. The van der Waals surface area contributed by atoms with Crippen molar-refractivity contribution in [1.29, 1.82) is 0 Å². The Kier molecular flexibility index (Phi) is 13.7. The summed E-state index contributed by atoms with van der Waals surface area (Å²) < 4.78 is 0. The molecule has 4 atom stereocenters. The van der Waals surface area contributed by atoms with Crippen molar-refractivity contribution in [1.82, 2.24) is 60.3 Å². The first-order chi connectivity index (χ1) is 46.5. The Labute approximate surface area is 581 Å². The van der Waals surface area contributed by atoms with E-state index in [2.05, 4.69) is 228 Å². The van der Waals surface area contributed by atoms with E-state index in [0.29, 0.717) is 0 Å². The summed E-state index contributed by atoms with van der Waals surface area (Å²) in [5, 5.41) is 18.0. The topological polar surface area (TPSA) is 170 Å². The summed E-state index contributed by atoms with van der Waals surface area (Å²) in [6, 6.07) is 67.5. The molecule has 0 spiro atoms. The average molecular weight is 1600 g/mol. The van der Waals surface area contributed by atoms with E-state index in [1.54, 1.807) is 37.2 Å². The Hall–Kier alpha value is -10.9. The third-order valence-corrected chi connectivity index (χ3v) is 20.0. The minimum absolute atomic E-state index is 0. The normalized spacial score (nSPS) is 19.6. The largest absolute Gasteiger partial charge is 0.581 e. The average Bonchev–Trinajstić information content (AvgIpc) is 1.59. The SMILES string of the molecule is CN1[CH-]N(C2(c3[c-]c(C4(c5cc[n-]n5)c5ccccc5-c5ccncc54)ccc3)c3ccccc3-c3ccncc32)c2nccnc21.CN1[CH-]N(C2(c3c[c-]c(C4(c5cc[n-]n5)c5ccccc5-c5ccncc54)cc3)c3ccccc3-c3ccncc32)c2nccnc21.[Pt].[Pt]. The molecule has 468 valence electrons. The Bertz CT molecular complexity index is 5170. The van der Waals surface area contributed by atoms with Gasteiger partial charge in [0.25, 0.3) is 0 Å². The molecule has 0 bridgehead atoms. The first-order valence-corrected chi connectivity index (χ1v) is 31.0. The minimum atomic E-state index is -0.861. The van der Waals surface area contributed by atoms with Crippen molar-refractivity contribution in [3.05, 3.63) is 360 Å². The second kappa shape index (κ2) is 22.4. The molecular formula is C78H50N16Pt2-6. The second-order valence-electron chi connectivity index (χ2n) is 24.2. The van der Waals surface area contributed by atoms with Gasteiger partial charge in [-0.25, -0.2) is 19.9 Å². The zero-order chi connectivity index (χ0) is 62.3. The van der Waals surface area contributed by atoms with E-state index in [1.165, 1.54) is 0 Å². The molecule has 6 aromatic carbocycles. The Morgan fingerprint density at radius 3 is 1.23 bits per heavy atom.